The number of aliphatic hydroxyl groups excluding tert-OH is 1. The largest absolute Gasteiger partial charge is 0.495 e. The second-order valence-electron chi connectivity index (χ2n) is 3.45. The zero-order valence-corrected chi connectivity index (χ0v) is 11.2. The van der Waals surface area contributed by atoms with Gasteiger partial charge in [-0.1, -0.05) is 0 Å². The van der Waals surface area contributed by atoms with E-state index in [0.29, 0.717) is 11.5 Å². The van der Waals surface area contributed by atoms with Crippen LogP contribution in [-0.4, -0.2) is 25.9 Å². The molecule has 1 rings (SSSR count). The van der Waals surface area contributed by atoms with Crippen LogP contribution in [0.25, 0.3) is 0 Å². The molecule has 0 amide bonds. The molecule has 0 aliphatic rings. The molecular formula is C11H16BrNO3. The van der Waals surface area contributed by atoms with Crippen LogP contribution in [-0.2, 0) is 0 Å². The van der Waals surface area contributed by atoms with Crippen LogP contribution in [0.1, 0.15) is 17.2 Å². The van der Waals surface area contributed by atoms with Crippen LogP contribution in [0.15, 0.2) is 10.5 Å². The van der Waals surface area contributed by atoms with Crippen LogP contribution >= 0.6 is 15.9 Å². The monoisotopic (exact) mass is 289 g/mol. The third-order valence-corrected chi connectivity index (χ3v) is 3.12. The average Bonchev–Trinajstić information content (AvgIpc) is 2.28. The predicted octanol–water partition coefficient (Wildman–Crippen LogP) is 1.77. The lowest BCUT2D eigenvalue weighted by Crippen LogP contribution is -2.16. The van der Waals surface area contributed by atoms with Gasteiger partial charge in [0.2, 0.25) is 0 Å². The molecule has 0 bridgehead atoms. The Balaban J connectivity index is 3.40. The quantitative estimate of drug-likeness (QED) is 0.887. The van der Waals surface area contributed by atoms with E-state index in [0.717, 1.165) is 15.6 Å². The first kappa shape index (κ1) is 13.3. The first-order valence-electron chi connectivity index (χ1n) is 4.84. The zero-order valence-electron chi connectivity index (χ0n) is 9.58. The zero-order chi connectivity index (χ0) is 12.3. The van der Waals surface area contributed by atoms with Crippen molar-refractivity contribution < 1.29 is 14.6 Å². The van der Waals surface area contributed by atoms with Crippen LogP contribution in [0.2, 0.25) is 0 Å². The Bertz CT molecular complexity index is 382. The molecule has 16 heavy (non-hydrogen) atoms. The minimum Gasteiger partial charge on any atom is -0.495 e. The van der Waals surface area contributed by atoms with E-state index in [1.807, 2.05) is 13.0 Å². The highest BCUT2D eigenvalue weighted by Crippen LogP contribution is 2.41. The van der Waals surface area contributed by atoms with E-state index in [2.05, 4.69) is 15.9 Å². The molecular weight excluding hydrogens is 274 g/mol. The summed E-state index contributed by atoms with van der Waals surface area (Å²) in [6, 6.07) is 1.40. The maximum absolute atomic E-state index is 9.09. The number of ether oxygens (including phenoxy) is 2. The SMILES string of the molecule is COc1c(C)cc(C(N)CO)c(OC)c1Br. The van der Waals surface area contributed by atoms with Gasteiger partial charge in [0.05, 0.1) is 26.9 Å². The van der Waals surface area contributed by atoms with E-state index >= 15 is 0 Å². The van der Waals surface area contributed by atoms with E-state index in [1.165, 1.54) is 0 Å². The summed E-state index contributed by atoms with van der Waals surface area (Å²) in [7, 11) is 3.15. The number of hydrogen-bond donors (Lipinski definition) is 2. The van der Waals surface area contributed by atoms with Crippen molar-refractivity contribution in [3.05, 3.63) is 21.7 Å². The number of aliphatic hydroxyl groups is 1. The maximum Gasteiger partial charge on any atom is 0.141 e. The lowest BCUT2D eigenvalue weighted by Gasteiger charge is -2.18. The second kappa shape index (κ2) is 5.52. The number of rotatable bonds is 4. The van der Waals surface area contributed by atoms with E-state index in [4.69, 9.17) is 20.3 Å². The molecule has 0 aliphatic carbocycles. The van der Waals surface area contributed by atoms with Crippen molar-refractivity contribution >= 4 is 15.9 Å². The number of methoxy groups -OCH3 is 2. The van der Waals surface area contributed by atoms with Gasteiger partial charge < -0.3 is 20.3 Å². The van der Waals surface area contributed by atoms with Crippen molar-refractivity contribution in [1.82, 2.24) is 0 Å². The van der Waals surface area contributed by atoms with Gasteiger partial charge in [0.25, 0.3) is 0 Å². The molecule has 0 heterocycles. The minimum atomic E-state index is -0.462. The Labute approximate surface area is 103 Å². The minimum absolute atomic E-state index is 0.130. The molecule has 5 heteroatoms. The fraction of sp³-hybridized carbons (Fsp3) is 0.455. The molecule has 0 aromatic heterocycles. The van der Waals surface area contributed by atoms with E-state index in [9.17, 15) is 0 Å². The summed E-state index contributed by atoms with van der Waals surface area (Å²) in [5.41, 5.74) is 7.51. The van der Waals surface area contributed by atoms with Crippen molar-refractivity contribution in [3.63, 3.8) is 0 Å². The van der Waals surface area contributed by atoms with Gasteiger partial charge in [-0.2, -0.15) is 0 Å². The molecule has 0 saturated carbocycles. The fourth-order valence-corrected chi connectivity index (χ4v) is 2.46. The van der Waals surface area contributed by atoms with Gasteiger partial charge in [-0.25, -0.2) is 0 Å². The van der Waals surface area contributed by atoms with Crippen LogP contribution in [0.5, 0.6) is 11.5 Å². The molecule has 1 unspecified atom stereocenters. The highest BCUT2D eigenvalue weighted by Gasteiger charge is 2.19. The van der Waals surface area contributed by atoms with Crippen molar-refractivity contribution in [3.8, 4) is 11.5 Å². The first-order chi connectivity index (χ1) is 7.56. The first-order valence-corrected chi connectivity index (χ1v) is 5.63. The molecule has 0 aliphatic heterocycles. The van der Waals surface area contributed by atoms with Gasteiger partial charge in [-0.3, -0.25) is 0 Å². The molecule has 4 nitrogen and oxygen atoms in total. The van der Waals surface area contributed by atoms with Crippen LogP contribution in [0.3, 0.4) is 0 Å². The van der Waals surface area contributed by atoms with Crippen molar-refractivity contribution in [1.29, 1.82) is 0 Å². The van der Waals surface area contributed by atoms with Gasteiger partial charge in [0.1, 0.15) is 16.0 Å². The maximum atomic E-state index is 9.09. The Morgan fingerprint density at radius 3 is 2.38 bits per heavy atom. The second-order valence-corrected chi connectivity index (χ2v) is 4.25. The number of benzene rings is 1. The summed E-state index contributed by atoms with van der Waals surface area (Å²) < 4.78 is 11.3. The third kappa shape index (κ3) is 2.31. The van der Waals surface area contributed by atoms with Gasteiger partial charge in [-0.05, 0) is 34.5 Å². The number of halogens is 1. The molecule has 1 aromatic carbocycles. The van der Waals surface area contributed by atoms with Crippen molar-refractivity contribution in [2.45, 2.75) is 13.0 Å². The molecule has 0 fully saturated rings. The summed E-state index contributed by atoms with van der Waals surface area (Å²) in [5, 5.41) is 9.09. The summed E-state index contributed by atoms with van der Waals surface area (Å²) >= 11 is 3.41. The van der Waals surface area contributed by atoms with Crippen molar-refractivity contribution in [2.75, 3.05) is 20.8 Å². The number of nitrogens with two attached hydrogens (primary N) is 1. The predicted molar refractivity (Wildman–Crippen MR) is 66.0 cm³/mol. The smallest absolute Gasteiger partial charge is 0.141 e. The molecule has 1 aromatic rings. The molecule has 90 valence electrons. The van der Waals surface area contributed by atoms with Gasteiger partial charge in [-0.15, -0.1) is 0 Å². The number of aryl methyl sites for hydroxylation is 1. The third-order valence-electron chi connectivity index (χ3n) is 2.40. The fourth-order valence-electron chi connectivity index (χ4n) is 1.60. The molecule has 0 saturated heterocycles. The van der Waals surface area contributed by atoms with E-state index in [-0.39, 0.29) is 6.61 Å². The lowest BCUT2D eigenvalue weighted by atomic mass is 10.0. The van der Waals surface area contributed by atoms with Crippen LogP contribution in [0.4, 0.5) is 0 Å². The Kier molecular flexibility index (Phi) is 4.58. The lowest BCUT2D eigenvalue weighted by molar-refractivity contribution is 0.264. The van der Waals surface area contributed by atoms with Gasteiger partial charge in [0.15, 0.2) is 0 Å². The number of hydrogen-bond acceptors (Lipinski definition) is 4. The average molecular weight is 290 g/mol. The standard InChI is InChI=1S/C11H16BrNO3/c1-6-4-7(8(13)5-14)11(16-3)9(12)10(6)15-2/h4,8,14H,5,13H2,1-3H3. The van der Waals surface area contributed by atoms with Gasteiger partial charge in [0, 0.05) is 5.56 Å². The Hall–Kier alpha value is -0.780. The highest BCUT2D eigenvalue weighted by molar-refractivity contribution is 9.10. The Morgan fingerprint density at radius 2 is 1.94 bits per heavy atom. The summed E-state index contributed by atoms with van der Waals surface area (Å²) in [6.07, 6.45) is 0. The molecule has 3 N–H and O–H groups in total. The molecule has 0 spiro atoms. The van der Waals surface area contributed by atoms with Crippen molar-refractivity contribution in [2.24, 2.45) is 5.73 Å². The molecule has 1 atom stereocenters. The van der Waals surface area contributed by atoms with E-state index < -0.39 is 6.04 Å². The molecule has 0 radical (unpaired) electrons. The highest BCUT2D eigenvalue weighted by atomic mass is 79.9. The van der Waals surface area contributed by atoms with Gasteiger partial charge >= 0.3 is 0 Å². The Morgan fingerprint density at radius 1 is 1.38 bits per heavy atom. The normalized spacial score (nSPS) is 12.4. The van der Waals surface area contributed by atoms with E-state index in [1.54, 1.807) is 14.2 Å². The van der Waals surface area contributed by atoms with Crippen LogP contribution < -0.4 is 15.2 Å². The summed E-state index contributed by atoms with van der Waals surface area (Å²) in [5.74, 6) is 1.31. The van der Waals surface area contributed by atoms with Crippen LogP contribution in [0, 0.1) is 6.92 Å². The summed E-state index contributed by atoms with van der Waals surface area (Å²) in [6.45, 7) is 1.78. The summed E-state index contributed by atoms with van der Waals surface area (Å²) in [4.78, 5) is 0. The topological polar surface area (TPSA) is 64.7 Å².